The largest absolute Gasteiger partial charge is 0.478 e. The number of hydrogen-bond donors (Lipinski definition) is 3. The zero-order chi connectivity index (χ0) is 20.5. The third-order valence-electron chi connectivity index (χ3n) is 3.35. The molecule has 3 N–H and O–H groups in total. The van der Waals surface area contributed by atoms with Crippen LogP contribution in [0.1, 0.15) is 28.8 Å². The van der Waals surface area contributed by atoms with Gasteiger partial charge in [0.05, 0.1) is 24.8 Å². The van der Waals surface area contributed by atoms with Crippen molar-refractivity contribution < 1.29 is 44.2 Å². The fourth-order valence-corrected chi connectivity index (χ4v) is 2.12. The number of aromatic carboxylic acids is 1. The number of carbonyl (C=O) groups is 3. The predicted octanol–water partition coefficient (Wildman–Crippen LogP) is 2.19. The van der Waals surface area contributed by atoms with Gasteiger partial charge in [-0.15, -0.1) is 0 Å². The summed E-state index contributed by atoms with van der Waals surface area (Å²) in [6.07, 6.45) is -0.588. The van der Waals surface area contributed by atoms with E-state index in [2.05, 4.69) is 4.84 Å². The molecule has 0 radical (unpaired) electrons. The van der Waals surface area contributed by atoms with Crippen LogP contribution < -0.4 is 9.47 Å². The number of esters is 2. The normalized spacial score (nSPS) is 10.5. The molecule has 10 nitrogen and oxygen atoms in total. The van der Waals surface area contributed by atoms with Crippen LogP contribution in [0, 0.1) is 0 Å². The van der Waals surface area contributed by atoms with Crippen molar-refractivity contribution in [2.75, 3.05) is 0 Å². The zero-order valence-corrected chi connectivity index (χ0v) is 14.5. The molecule has 0 heterocycles. The number of benzene rings is 2. The van der Waals surface area contributed by atoms with Gasteiger partial charge in [-0.1, -0.05) is 24.3 Å². The molecular formula is C18H17NO9. The Morgan fingerprint density at radius 1 is 0.893 bits per heavy atom. The second-order valence-corrected chi connectivity index (χ2v) is 5.42. The minimum absolute atomic E-state index is 0.108. The number of rotatable bonds is 9. The second-order valence-electron chi connectivity index (χ2n) is 5.42. The molecule has 0 aliphatic carbocycles. The molecule has 0 saturated heterocycles. The number of carboxylic acid groups (broad SMARTS) is 1. The molecule has 0 atom stereocenters. The highest BCUT2D eigenvalue weighted by atomic mass is 17.1. The summed E-state index contributed by atoms with van der Waals surface area (Å²) in [6.45, 7) is -0.173. The van der Waals surface area contributed by atoms with E-state index < -0.39 is 23.3 Å². The van der Waals surface area contributed by atoms with E-state index in [1.165, 1.54) is 36.4 Å². The highest BCUT2D eigenvalue weighted by molar-refractivity contribution is 5.92. The van der Waals surface area contributed by atoms with E-state index in [0.717, 1.165) is 0 Å². The molecule has 0 fully saturated rings. The van der Waals surface area contributed by atoms with Crippen LogP contribution in [0.4, 0.5) is 0 Å². The van der Waals surface area contributed by atoms with Gasteiger partial charge in [-0.2, -0.15) is 0 Å². The van der Waals surface area contributed by atoms with Crippen molar-refractivity contribution in [1.29, 1.82) is 0 Å². The maximum atomic E-state index is 11.9. The molecule has 148 valence electrons. The van der Waals surface area contributed by atoms with Gasteiger partial charge in [0.15, 0.2) is 0 Å². The topological polar surface area (TPSA) is 143 Å². The van der Waals surface area contributed by atoms with Gasteiger partial charge in [-0.05, 0) is 29.8 Å². The highest BCUT2D eigenvalue weighted by Gasteiger charge is 2.15. The smallest absolute Gasteiger partial charge is 0.339 e. The first kappa shape index (κ1) is 21.0. The second kappa shape index (κ2) is 10.1. The van der Waals surface area contributed by atoms with Crippen LogP contribution in [0.2, 0.25) is 0 Å². The summed E-state index contributed by atoms with van der Waals surface area (Å²) in [7, 11) is 0. The van der Waals surface area contributed by atoms with Gasteiger partial charge >= 0.3 is 17.9 Å². The number of para-hydroxylation sites is 1. The van der Waals surface area contributed by atoms with E-state index in [1.54, 1.807) is 12.1 Å². The van der Waals surface area contributed by atoms with Gasteiger partial charge in [0, 0.05) is 0 Å². The van der Waals surface area contributed by atoms with Gasteiger partial charge in [0.25, 0.3) is 0 Å². The number of carboxylic acids is 1. The van der Waals surface area contributed by atoms with Crippen molar-refractivity contribution in [3.05, 3.63) is 59.7 Å². The molecule has 0 amide bonds. The van der Waals surface area contributed by atoms with Crippen LogP contribution in [0.25, 0.3) is 0 Å². The predicted molar refractivity (Wildman–Crippen MR) is 90.5 cm³/mol. The monoisotopic (exact) mass is 391 g/mol. The average Bonchev–Trinajstić information content (AvgIpc) is 2.65. The van der Waals surface area contributed by atoms with Crippen LogP contribution in [0.3, 0.4) is 0 Å². The first-order valence-corrected chi connectivity index (χ1v) is 7.98. The molecule has 0 aliphatic rings. The summed E-state index contributed by atoms with van der Waals surface area (Å²) < 4.78 is 10.1. The van der Waals surface area contributed by atoms with E-state index in [9.17, 15) is 14.4 Å². The Bertz CT molecular complexity index is 850. The molecule has 0 aliphatic heterocycles. The summed E-state index contributed by atoms with van der Waals surface area (Å²) in [5, 5.41) is 25.6. The number of hydrogen-bond acceptors (Lipinski definition) is 9. The Morgan fingerprint density at radius 3 is 2.25 bits per heavy atom. The Kier molecular flexibility index (Phi) is 7.60. The Hall–Kier alpha value is -3.31. The summed E-state index contributed by atoms with van der Waals surface area (Å²) in [6, 6.07) is 11.8. The van der Waals surface area contributed by atoms with Crippen LogP contribution in [-0.2, 0) is 21.0 Å². The Morgan fingerprint density at radius 2 is 1.57 bits per heavy atom. The van der Waals surface area contributed by atoms with Crippen molar-refractivity contribution in [3.8, 4) is 11.5 Å². The Balaban J connectivity index is 1.85. The molecular weight excluding hydrogens is 374 g/mol. The molecule has 0 unspecified atom stereocenters. The SMILES string of the molecule is O=C(CCC(=O)Oc1ccccc1C(=O)O)Oc1cccc(CON(O)O)c1. The molecule has 0 bridgehead atoms. The van der Waals surface area contributed by atoms with Crippen LogP contribution in [0.15, 0.2) is 48.5 Å². The molecule has 2 rings (SSSR count). The van der Waals surface area contributed by atoms with Crippen molar-refractivity contribution in [2.24, 2.45) is 0 Å². The van der Waals surface area contributed by atoms with E-state index in [1.807, 2.05) is 0 Å². The molecule has 2 aromatic rings. The maximum Gasteiger partial charge on any atom is 0.339 e. The summed E-state index contributed by atoms with van der Waals surface area (Å²) in [5.74, 6) is -2.65. The first-order chi connectivity index (χ1) is 13.3. The summed E-state index contributed by atoms with van der Waals surface area (Å²) in [5.41, 5.74) is 0.338. The third kappa shape index (κ3) is 6.78. The van der Waals surface area contributed by atoms with Crippen molar-refractivity contribution in [1.82, 2.24) is 5.39 Å². The zero-order valence-electron chi connectivity index (χ0n) is 14.5. The minimum Gasteiger partial charge on any atom is -0.478 e. The van der Waals surface area contributed by atoms with E-state index >= 15 is 0 Å². The lowest BCUT2D eigenvalue weighted by atomic mass is 10.2. The fraction of sp³-hybridized carbons (Fsp3) is 0.167. The van der Waals surface area contributed by atoms with Gasteiger partial charge in [0.1, 0.15) is 17.1 Å². The van der Waals surface area contributed by atoms with Crippen molar-refractivity contribution in [2.45, 2.75) is 19.4 Å². The van der Waals surface area contributed by atoms with Crippen molar-refractivity contribution >= 4 is 17.9 Å². The molecule has 10 heteroatoms. The van der Waals surface area contributed by atoms with Gasteiger partial charge in [-0.25, -0.2) is 9.63 Å². The highest BCUT2D eigenvalue weighted by Crippen LogP contribution is 2.19. The number of carbonyl (C=O) groups excluding carboxylic acids is 2. The van der Waals surface area contributed by atoms with E-state index in [0.29, 0.717) is 5.56 Å². The number of ether oxygens (including phenoxy) is 2. The van der Waals surface area contributed by atoms with Gasteiger partial charge in [0.2, 0.25) is 0 Å². The Labute approximate surface area is 159 Å². The summed E-state index contributed by atoms with van der Waals surface area (Å²) >= 11 is 0. The quantitative estimate of drug-likeness (QED) is 0.330. The van der Waals surface area contributed by atoms with Crippen LogP contribution >= 0.6 is 0 Å². The van der Waals surface area contributed by atoms with Crippen molar-refractivity contribution in [3.63, 3.8) is 0 Å². The molecule has 0 aromatic heterocycles. The number of nitrogens with zero attached hydrogens (tertiary/aromatic N) is 1. The maximum absolute atomic E-state index is 11.9. The van der Waals surface area contributed by atoms with Gasteiger partial charge in [-0.3, -0.25) is 20.0 Å². The molecule has 0 spiro atoms. The lowest BCUT2D eigenvalue weighted by Gasteiger charge is -2.09. The average molecular weight is 391 g/mol. The molecule has 28 heavy (non-hydrogen) atoms. The first-order valence-electron chi connectivity index (χ1n) is 7.98. The third-order valence-corrected chi connectivity index (χ3v) is 3.35. The molecule has 2 aromatic carbocycles. The summed E-state index contributed by atoms with van der Waals surface area (Å²) in [4.78, 5) is 39.3. The minimum atomic E-state index is -1.24. The van der Waals surface area contributed by atoms with E-state index in [4.69, 9.17) is 25.0 Å². The lowest BCUT2D eigenvalue weighted by molar-refractivity contribution is -0.497. The molecule has 0 saturated carbocycles. The van der Waals surface area contributed by atoms with Gasteiger partial charge < -0.3 is 14.6 Å². The van der Waals surface area contributed by atoms with Crippen LogP contribution in [0.5, 0.6) is 11.5 Å². The standard InChI is InChI=1S/C18H17NO9/c20-16(27-13-5-3-4-12(10-13)11-26-19(24)25)8-9-17(21)28-15-7-2-1-6-14(15)18(22)23/h1-7,10,24-25H,8-9,11H2,(H,22,23). The lowest BCUT2D eigenvalue weighted by Crippen LogP contribution is -2.15. The van der Waals surface area contributed by atoms with Crippen LogP contribution in [-0.4, -0.2) is 38.8 Å². The van der Waals surface area contributed by atoms with E-state index in [-0.39, 0.29) is 36.5 Å². The fourth-order valence-electron chi connectivity index (χ4n) is 2.12.